The number of piperidine rings is 1. The Bertz CT molecular complexity index is 852. The van der Waals surface area contributed by atoms with E-state index in [1.807, 2.05) is 0 Å². The molecule has 2 fully saturated rings. The van der Waals surface area contributed by atoms with Gasteiger partial charge in [0.05, 0.1) is 4.90 Å². The molecule has 1 aromatic rings. The number of nitrogens with zero attached hydrogens (tertiary/aromatic N) is 1. The zero-order valence-electron chi connectivity index (χ0n) is 16.8. The second-order valence-electron chi connectivity index (χ2n) is 8.08. The topological polar surface area (TPSA) is 75.7 Å². The molecular formula is C20H27F3N2O4S. The van der Waals surface area contributed by atoms with Crippen LogP contribution in [0.15, 0.2) is 29.2 Å². The largest absolute Gasteiger partial charge is 0.573 e. The highest BCUT2D eigenvalue weighted by Crippen LogP contribution is 2.29. The fourth-order valence-corrected chi connectivity index (χ4v) is 5.68. The Labute approximate surface area is 174 Å². The maximum absolute atomic E-state index is 12.8. The standard InChI is InChI=1S/C20H27F3N2O4S/c1-14-5-2-3-8-18(14)24-19(26)15-9-11-25(12-10-15)30(27,28)17-7-4-6-16(13-17)29-20(21,22)23/h4,6-7,13-15,18H,2-3,5,8-12H2,1H3,(H,24,26)/t14-,18-/m0/s1. The molecule has 1 aromatic carbocycles. The first-order chi connectivity index (χ1) is 14.1. The van der Waals surface area contributed by atoms with Gasteiger partial charge in [0, 0.05) is 31.1 Å². The molecule has 1 aliphatic carbocycles. The number of rotatable bonds is 5. The van der Waals surface area contributed by atoms with Crippen molar-refractivity contribution in [2.24, 2.45) is 11.8 Å². The van der Waals surface area contributed by atoms with E-state index in [4.69, 9.17) is 0 Å². The first-order valence-electron chi connectivity index (χ1n) is 10.2. The quantitative estimate of drug-likeness (QED) is 0.746. The monoisotopic (exact) mass is 448 g/mol. The van der Waals surface area contributed by atoms with Gasteiger partial charge in [-0.15, -0.1) is 13.2 Å². The van der Waals surface area contributed by atoms with Gasteiger partial charge in [-0.25, -0.2) is 8.42 Å². The first kappa shape index (κ1) is 22.9. The average Bonchev–Trinajstić information content (AvgIpc) is 2.69. The molecule has 0 unspecified atom stereocenters. The van der Waals surface area contributed by atoms with Crippen molar-refractivity contribution in [2.75, 3.05) is 13.1 Å². The highest BCUT2D eigenvalue weighted by atomic mass is 32.2. The Hall–Kier alpha value is -1.81. The minimum absolute atomic E-state index is 0.0358. The van der Waals surface area contributed by atoms with Crippen molar-refractivity contribution >= 4 is 15.9 Å². The van der Waals surface area contributed by atoms with Crippen molar-refractivity contribution < 1.29 is 31.1 Å². The number of ether oxygens (including phenoxy) is 1. The molecule has 30 heavy (non-hydrogen) atoms. The molecule has 1 saturated heterocycles. The Morgan fingerprint density at radius 1 is 1.13 bits per heavy atom. The van der Waals surface area contributed by atoms with E-state index in [-0.39, 0.29) is 35.9 Å². The minimum atomic E-state index is -4.90. The summed E-state index contributed by atoms with van der Waals surface area (Å²) < 4.78 is 67.9. The summed E-state index contributed by atoms with van der Waals surface area (Å²) in [6.07, 6.45) is 0.205. The van der Waals surface area contributed by atoms with E-state index in [1.165, 1.54) is 22.9 Å². The molecule has 3 rings (SSSR count). The molecule has 2 atom stereocenters. The summed E-state index contributed by atoms with van der Waals surface area (Å²) in [5, 5.41) is 3.12. The van der Waals surface area contributed by atoms with Crippen LogP contribution in [0.1, 0.15) is 45.4 Å². The van der Waals surface area contributed by atoms with Crippen LogP contribution in [0.2, 0.25) is 0 Å². The number of sulfonamides is 1. The van der Waals surface area contributed by atoms with Gasteiger partial charge in [-0.05, 0) is 43.7 Å². The number of alkyl halides is 3. The van der Waals surface area contributed by atoms with Gasteiger partial charge in [-0.2, -0.15) is 4.31 Å². The zero-order chi connectivity index (χ0) is 21.9. The Morgan fingerprint density at radius 2 is 1.80 bits per heavy atom. The van der Waals surface area contributed by atoms with E-state index in [0.717, 1.165) is 31.4 Å². The lowest BCUT2D eigenvalue weighted by Crippen LogP contribution is -2.47. The molecule has 0 spiro atoms. The minimum Gasteiger partial charge on any atom is -0.406 e. The van der Waals surface area contributed by atoms with Gasteiger partial charge >= 0.3 is 6.36 Å². The molecule has 1 saturated carbocycles. The third kappa shape index (κ3) is 5.66. The molecule has 1 heterocycles. The van der Waals surface area contributed by atoms with E-state index in [0.29, 0.717) is 18.8 Å². The lowest BCUT2D eigenvalue weighted by molar-refractivity contribution is -0.274. The van der Waals surface area contributed by atoms with Gasteiger partial charge in [0.25, 0.3) is 0 Å². The summed E-state index contributed by atoms with van der Waals surface area (Å²) in [5.41, 5.74) is 0. The van der Waals surface area contributed by atoms with Gasteiger partial charge in [-0.1, -0.05) is 25.8 Å². The molecule has 6 nitrogen and oxygen atoms in total. The molecule has 0 bridgehead atoms. The van der Waals surface area contributed by atoms with Gasteiger partial charge < -0.3 is 10.1 Å². The zero-order valence-corrected chi connectivity index (χ0v) is 17.6. The normalized spacial score (nSPS) is 24.4. The average molecular weight is 449 g/mol. The molecule has 0 aromatic heterocycles. The highest BCUT2D eigenvalue weighted by molar-refractivity contribution is 7.89. The number of halogens is 3. The van der Waals surface area contributed by atoms with Crippen molar-refractivity contribution in [3.8, 4) is 5.75 Å². The van der Waals surface area contributed by atoms with Gasteiger partial charge in [-0.3, -0.25) is 4.79 Å². The number of hydrogen-bond donors (Lipinski definition) is 1. The van der Waals surface area contributed by atoms with Crippen molar-refractivity contribution in [2.45, 2.75) is 62.7 Å². The Kier molecular flexibility index (Phi) is 6.96. The smallest absolute Gasteiger partial charge is 0.406 e. The summed E-state index contributed by atoms with van der Waals surface area (Å²) in [7, 11) is -3.97. The van der Waals surface area contributed by atoms with E-state index >= 15 is 0 Å². The van der Waals surface area contributed by atoms with Crippen molar-refractivity contribution in [1.29, 1.82) is 0 Å². The number of nitrogens with one attached hydrogen (secondary N) is 1. The predicted molar refractivity (Wildman–Crippen MR) is 104 cm³/mol. The summed E-state index contributed by atoms with van der Waals surface area (Å²) in [4.78, 5) is 12.4. The number of benzene rings is 1. The molecular weight excluding hydrogens is 421 g/mol. The maximum atomic E-state index is 12.8. The van der Waals surface area contributed by atoms with Crippen molar-refractivity contribution in [3.63, 3.8) is 0 Å². The van der Waals surface area contributed by atoms with Crippen LogP contribution < -0.4 is 10.1 Å². The highest BCUT2D eigenvalue weighted by Gasteiger charge is 2.35. The molecule has 10 heteroatoms. The van der Waals surface area contributed by atoms with Crippen LogP contribution in [-0.2, 0) is 14.8 Å². The van der Waals surface area contributed by atoms with Crippen LogP contribution in [0.5, 0.6) is 5.75 Å². The molecule has 1 N–H and O–H groups in total. The number of hydrogen-bond acceptors (Lipinski definition) is 4. The van der Waals surface area contributed by atoms with E-state index in [2.05, 4.69) is 17.0 Å². The van der Waals surface area contributed by atoms with Gasteiger partial charge in [0.1, 0.15) is 5.75 Å². The third-order valence-electron chi connectivity index (χ3n) is 5.94. The van der Waals surface area contributed by atoms with Gasteiger partial charge in [0.2, 0.25) is 15.9 Å². The molecule has 168 valence electrons. The number of carbonyl (C=O) groups excluding carboxylic acids is 1. The molecule has 0 radical (unpaired) electrons. The third-order valence-corrected chi connectivity index (χ3v) is 7.84. The van der Waals surface area contributed by atoms with Crippen LogP contribution in [-0.4, -0.2) is 44.1 Å². The van der Waals surface area contributed by atoms with Crippen LogP contribution in [0, 0.1) is 11.8 Å². The van der Waals surface area contributed by atoms with E-state index in [1.54, 1.807) is 0 Å². The van der Waals surface area contributed by atoms with Crippen LogP contribution in [0.25, 0.3) is 0 Å². The fraction of sp³-hybridized carbons (Fsp3) is 0.650. The Balaban J connectivity index is 1.60. The summed E-state index contributed by atoms with van der Waals surface area (Å²) in [6.45, 7) is 2.42. The van der Waals surface area contributed by atoms with Crippen molar-refractivity contribution in [3.05, 3.63) is 24.3 Å². The number of amides is 1. The molecule has 2 aliphatic rings. The maximum Gasteiger partial charge on any atom is 0.573 e. The lowest BCUT2D eigenvalue weighted by Gasteiger charge is -2.34. The lowest BCUT2D eigenvalue weighted by atomic mass is 9.85. The van der Waals surface area contributed by atoms with Crippen LogP contribution in [0.3, 0.4) is 0 Å². The second-order valence-corrected chi connectivity index (χ2v) is 10.0. The van der Waals surface area contributed by atoms with Gasteiger partial charge in [0.15, 0.2) is 0 Å². The van der Waals surface area contributed by atoms with Crippen LogP contribution >= 0.6 is 0 Å². The van der Waals surface area contributed by atoms with Crippen LogP contribution in [0.4, 0.5) is 13.2 Å². The fourth-order valence-electron chi connectivity index (χ4n) is 4.17. The SMILES string of the molecule is C[C@H]1CCCC[C@@H]1NC(=O)C1CCN(S(=O)(=O)c2cccc(OC(F)(F)F)c2)CC1. The first-order valence-corrected chi connectivity index (χ1v) is 11.7. The summed E-state index contributed by atoms with van der Waals surface area (Å²) in [6, 6.07) is 4.53. The van der Waals surface area contributed by atoms with E-state index < -0.39 is 22.1 Å². The second kappa shape index (κ2) is 9.13. The molecule has 1 amide bonds. The van der Waals surface area contributed by atoms with Crippen molar-refractivity contribution in [1.82, 2.24) is 9.62 Å². The summed E-state index contributed by atoms with van der Waals surface area (Å²) in [5.74, 6) is -0.439. The predicted octanol–water partition coefficient (Wildman–Crippen LogP) is 3.68. The molecule has 1 aliphatic heterocycles. The summed E-state index contributed by atoms with van der Waals surface area (Å²) >= 11 is 0. The number of carbonyl (C=O) groups is 1. The van der Waals surface area contributed by atoms with E-state index in [9.17, 15) is 26.4 Å². The Morgan fingerprint density at radius 3 is 2.43 bits per heavy atom.